The predicted molar refractivity (Wildman–Crippen MR) is 130 cm³/mol. The molecule has 170 valence electrons. The number of fused-ring (bicyclic) bond motifs is 1. The lowest BCUT2D eigenvalue weighted by molar-refractivity contribution is -0.128. The highest BCUT2D eigenvalue weighted by molar-refractivity contribution is 5.96. The van der Waals surface area contributed by atoms with Gasteiger partial charge in [0.15, 0.2) is 0 Å². The van der Waals surface area contributed by atoms with Gasteiger partial charge in [-0.05, 0) is 40.8 Å². The number of carbonyl (C=O) groups excluding carboxylic acids is 2. The van der Waals surface area contributed by atoms with Gasteiger partial charge in [0.05, 0.1) is 0 Å². The summed E-state index contributed by atoms with van der Waals surface area (Å²) >= 11 is 0. The summed E-state index contributed by atoms with van der Waals surface area (Å²) < 4.78 is 5.28. The summed E-state index contributed by atoms with van der Waals surface area (Å²) in [4.78, 5) is 38.8. The average Bonchev–Trinajstić information content (AvgIpc) is 3.27. The molecule has 0 spiro atoms. The van der Waals surface area contributed by atoms with E-state index in [0.29, 0.717) is 23.9 Å². The molecule has 3 aromatic carbocycles. The highest BCUT2D eigenvalue weighted by Crippen LogP contribution is 2.25. The van der Waals surface area contributed by atoms with E-state index in [4.69, 9.17) is 4.42 Å². The Kier molecular flexibility index (Phi) is 5.95. The Bertz CT molecular complexity index is 1420. The normalized spacial score (nSPS) is 13.4. The van der Waals surface area contributed by atoms with E-state index in [-0.39, 0.29) is 18.0 Å². The second-order valence-corrected chi connectivity index (χ2v) is 8.44. The third-order valence-electron chi connectivity index (χ3n) is 6.15. The second-order valence-electron chi connectivity index (χ2n) is 8.44. The van der Waals surface area contributed by atoms with Crippen molar-refractivity contribution in [1.82, 2.24) is 10.2 Å². The summed E-state index contributed by atoms with van der Waals surface area (Å²) in [6.45, 7) is 1.72. The molecule has 0 unspecified atom stereocenters. The SMILES string of the molecule is O=C(NCc1ccccc1-c1ccc(CN2CCCC2=O)cc1)c1cc2ccccc2oc1=O. The van der Waals surface area contributed by atoms with Crippen LogP contribution in [0.25, 0.3) is 22.1 Å². The van der Waals surface area contributed by atoms with Crippen molar-refractivity contribution in [2.45, 2.75) is 25.9 Å². The Balaban J connectivity index is 1.32. The van der Waals surface area contributed by atoms with E-state index >= 15 is 0 Å². The molecule has 0 saturated carbocycles. The van der Waals surface area contributed by atoms with E-state index in [1.54, 1.807) is 24.3 Å². The molecule has 2 heterocycles. The van der Waals surface area contributed by atoms with Crippen molar-refractivity contribution in [3.63, 3.8) is 0 Å². The Morgan fingerprint density at radius 3 is 2.50 bits per heavy atom. The standard InChI is InChI=1S/C28H24N2O4/c31-26-10-5-15-30(26)18-19-11-13-20(14-12-19)23-8-3-1-7-22(23)17-29-27(32)24-16-21-6-2-4-9-25(21)34-28(24)33/h1-4,6-9,11-14,16H,5,10,15,17-18H2,(H,29,32). The van der Waals surface area contributed by atoms with Gasteiger partial charge in [0.25, 0.3) is 5.91 Å². The van der Waals surface area contributed by atoms with E-state index in [1.807, 2.05) is 59.5 Å². The van der Waals surface area contributed by atoms with Gasteiger partial charge >= 0.3 is 5.63 Å². The van der Waals surface area contributed by atoms with Gasteiger partial charge in [0.2, 0.25) is 5.91 Å². The minimum Gasteiger partial charge on any atom is -0.422 e. The number of hydrogen-bond donors (Lipinski definition) is 1. The van der Waals surface area contributed by atoms with Crippen LogP contribution in [0.3, 0.4) is 0 Å². The number of hydrogen-bond acceptors (Lipinski definition) is 4. The molecule has 1 aliphatic heterocycles. The fourth-order valence-electron chi connectivity index (χ4n) is 4.33. The Hall–Kier alpha value is -4.19. The zero-order chi connectivity index (χ0) is 23.5. The van der Waals surface area contributed by atoms with Gasteiger partial charge in [-0.3, -0.25) is 9.59 Å². The number of rotatable bonds is 6. The monoisotopic (exact) mass is 452 g/mol. The number of nitrogens with zero attached hydrogens (tertiary/aromatic N) is 1. The van der Waals surface area contributed by atoms with Crippen molar-refractivity contribution in [2.75, 3.05) is 6.54 Å². The molecule has 2 amide bonds. The van der Waals surface area contributed by atoms with Crippen molar-refractivity contribution in [3.05, 3.63) is 106 Å². The minimum atomic E-state index is -0.656. The lowest BCUT2D eigenvalue weighted by Gasteiger charge is -2.16. The van der Waals surface area contributed by atoms with Crippen LogP contribution in [-0.4, -0.2) is 23.3 Å². The van der Waals surface area contributed by atoms with Crippen molar-refractivity contribution >= 4 is 22.8 Å². The lowest BCUT2D eigenvalue weighted by Crippen LogP contribution is -2.28. The lowest BCUT2D eigenvalue weighted by atomic mass is 9.98. The summed E-state index contributed by atoms with van der Waals surface area (Å²) in [7, 11) is 0. The maximum atomic E-state index is 12.8. The smallest absolute Gasteiger partial charge is 0.349 e. The predicted octanol–water partition coefficient (Wildman–Crippen LogP) is 4.51. The van der Waals surface area contributed by atoms with Crippen LogP contribution in [0.15, 0.2) is 88.1 Å². The quantitative estimate of drug-likeness (QED) is 0.437. The van der Waals surface area contributed by atoms with Gasteiger partial charge in [-0.1, -0.05) is 66.7 Å². The first-order chi connectivity index (χ1) is 16.6. The number of benzene rings is 3. The zero-order valence-corrected chi connectivity index (χ0v) is 18.6. The molecule has 6 heteroatoms. The first kappa shape index (κ1) is 21.6. The molecule has 0 atom stereocenters. The van der Waals surface area contributed by atoms with Crippen molar-refractivity contribution in [3.8, 4) is 11.1 Å². The molecule has 6 nitrogen and oxygen atoms in total. The topological polar surface area (TPSA) is 79.6 Å². The number of para-hydroxylation sites is 1. The summed E-state index contributed by atoms with van der Waals surface area (Å²) in [5, 5.41) is 3.55. The summed E-state index contributed by atoms with van der Waals surface area (Å²) in [5.74, 6) is -0.259. The molecular weight excluding hydrogens is 428 g/mol. The summed E-state index contributed by atoms with van der Waals surface area (Å²) in [6.07, 6.45) is 1.56. The molecule has 0 radical (unpaired) electrons. The number of likely N-dealkylation sites (tertiary alicyclic amines) is 1. The van der Waals surface area contributed by atoms with E-state index in [9.17, 15) is 14.4 Å². The van der Waals surface area contributed by atoms with Gasteiger partial charge in [-0.2, -0.15) is 0 Å². The van der Waals surface area contributed by atoms with Gasteiger partial charge in [-0.15, -0.1) is 0 Å². The van der Waals surface area contributed by atoms with E-state index in [1.165, 1.54) is 0 Å². The fourth-order valence-corrected chi connectivity index (χ4v) is 4.33. The molecule has 5 rings (SSSR count). The molecular formula is C28H24N2O4. The first-order valence-corrected chi connectivity index (χ1v) is 11.3. The van der Waals surface area contributed by atoms with Crippen LogP contribution in [0.2, 0.25) is 0 Å². The van der Waals surface area contributed by atoms with Crippen LogP contribution in [0.5, 0.6) is 0 Å². The second kappa shape index (κ2) is 9.35. The molecule has 0 bridgehead atoms. The molecule has 1 aromatic heterocycles. The maximum absolute atomic E-state index is 12.8. The molecule has 34 heavy (non-hydrogen) atoms. The molecule has 1 fully saturated rings. The van der Waals surface area contributed by atoms with E-state index < -0.39 is 11.5 Å². The Morgan fingerprint density at radius 2 is 1.71 bits per heavy atom. The van der Waals surface area contributed by atoms with Crippen LogP contribution in [0.4, 0.5) is 0 Å². The maximum Gasteiger partial charge on any atom is 0.349 e. The minimum absolute atomic E-state index is 0.0167. The van der Waals surface area contributed by atoms with Crippen LogP contribution in [-0.2, 0) is 17.9 Å². The van der Waals surface area contributed by atoms with Crippen molar-refractivity contribution in [1.29, 1.82) is 0 Å². The van der Waals surface area contributed by atoms with E-state index in [2.05, 4.69) is 5.32 Å². The Morgan fingerprint density at radius 1 is 0.941 bits per heavy atom. The number of carbonyl (C=O) groups is 2. The molecule has 4 aromatic rings. The van der Waals surface area contributed by atoms with Crippen LogP contribution in [0.1, 0.15) is 34.3 Å². The highest BCUT2D eigenvalue weighted by Gasteiger charge is 2.20. The number of amides is 2. The number of nitrogens with one attached hydrogen (secondary N) is 1. The first-order valence-electron chi connectivity index (χ1n) is 11.3. The molecule has 1 N–H and O–H groups in total. The van der Waals surface area contributed by atoms with Crippen molar-refractivity contribution in [2.24, 2.45) is 0 Å². The zero-order valence-electron chi connectivity index (χ0n) is 18.6. The molecule has 0 aliphatic carbocycles. The molecule has 1 aliphatic rings. The van der Waals surface area contributed by atoms with Crippen molar-refractivity contribution < 1.29 is 14.0 Å². The highest BCUT2D eigenvalue weighted by atomic mass is 16.4. The third kappa shape index (κ3) is 4.48. The summed E-state index contributed by atoms with van der Waals surface area (Å²) in [6, 6.07) is 24.6. The molecule has 1 saturated heterocycles. The average molecular weight is 453 g/mol. The van der Waals surface area contributed by atoms with Gasteiger partial charge in [0.1, 0.15) is 11.1 Å². The van der Waals surface area contributed by atoms with Crippen LogP contribution in [0, 0.1) is 0 Å². The van der Waals surface area contributed by atoms with Crippen LogP contribution >= 0.6 is 0 Å². The fraction of sp³-hybridized carbons (Fsp3) is 0.179. The third-order valence-corrected chi connectivity index (χ3v) is 6.15. The Labute approximate surface area is 196 Å². The van der Waals surface area contributed by atoms with Gasteiger partial charge < -0.3 is 14.6 Å². The van der Waals surface area contributed by atoms with Crippen LogP contribution < -0.4 is 10.9 Å². The summed E-state index contributed by atoms with van der Waals surface area (Å²) in [5.41, 5.74) is 3.82. The van der Waals surface area contributed by atoms with Gasteiger partial charge in [0, 0.05) is 31.4 Å². The largest absolute Gasteiger partial charge is 0.422 e. The van der Waals surface area contributed by atoms with Gasteiger partial charge in [-0.25, -0.2) is 4.79 Å². The van der Waals surface area contributed by atoms with E-state index in [0.717, 1.165) is 35.2 Å².